The van der Waals surface area contributed by atoms with Crippen LogP contribution in [0.4, 0.5) is 4.39 Å². The van der Waals surface area contributed by atoms with Gasteiger partial charge in [0.25, 0.3) is 0 Å². The molecule has 1 unspecified atom stereocenters. The van der Waals surface area contributed by atoms with Crippen molar-refractivity contribution in [2.45, 2.75) is 83.8 Å². The number of rotatable bonds is 2. The fraction of sp³-hybridized carbons (Fsp3) is 0.875. The number of carbonyl (C=O) groups is 1. The van der Waals surface area contributed by atoms with Gasteiger partial charge in [0.1, 0.15) is 18.7 Å². The molecule has 2 heterocycles. The van der Waals surface area contributed by atoms with E-state index in [1.165, 1.54) is 38.5 Å². The molecule has 0 radical (unpaired) electrons. The first kappa shape index (κ1) is 19.2. The Bertz CT molecular complexity index is 701. The molecule has 3 nitrogen and oxygen atoms in total. The number of hydrogen-bond donors (Lipinski definition) is 0. The van der Waals surface area contributed by atoms with Crippen LogP contribution < -0.4 is 0 Å². The van der Waals surface area contributed by atoms with Crippen LogP contribution in [0.1, 0.15) is 71.6 Å². The Balaban J connectivity index is 1.51. The van der Waals surface area contributed by atoms with Crippen LogP contribution >= 0.6 is 0 Å². The normalized spacial score (nSPS) is 53.4. The second-order valence-electron chi connectivity index (χ2n) is 11.3. The van der Waals surface area contributed by atoms with E-state index in [9.17, 15) is 4.79 Å². The average molecular weight is 391 g/mol. The molecule has 8 atom stereocenters. The largest absolute Gasteiger partial charge is 0.374 e. The first-order valence-electron chi connectivity index (χ1n) is 11.7. The Kier molecular flexibility index (Phi) is 4.38. The van der Waals surface area contributed by atoms with Gasteiger partial charge >= 0.3 is 5.91 Å². The summed E-state index contributed by atoms with van der Waals surface area (Å²) in [5, 5.41) is 0. The standard InChI is InChI=1S/C24H37FNO2/c1-23-11-4-7-18(23)17-8-9-21-24(2,19(17)10-12-23)14-20(25)22(27)26(21,3)15-16-6-5-13-28-16/h14,16-19,21H,4-13,15H2,1-3H3/q+1/t16-,17+,18+,19+,21-,23+,24-,26?/m1/s1. The van der Waals surface area contributed by atoms with Crippen LogP contribution in [0.5, 0.6) is 0 Å². The van der Waals surface area contributed by atoms with E-state index in [4.69, 9.17) is 4.74 Å². The van der Waals surface area contributed by atoms with Crippen molar-refractivity contribution >= 4 is 5.91 Å². The first-order chi connectivity index (χ1) is 13.3. The highest BCUT2D eigenvalue weighted by molar-refractivity contribution is 5.86. The quantitative estimate of drug-likeness (QED) is 0.620. The molecule has 0 aromatic carbocycles. The summed E-state index contributed by atoms with van der Waals surface area (Å²) in [5.74, 6) is 1.23. The number of hydrogen-bond acceptors (Lipinski definition) is 2. The van der Waals surface area contributed by atoms with Gasteiger partial charge in [-0.25, -0.2) is 4.79 Å². The maximum Gasteiger partial charge on any atom is 0.374 e. The lowest BCUT2D eigenvalue weighted by Crippen LogP contribution is -2.70. The molecule has 156 valence electrons. The molecular weight excluding hydrogens is 353 g/mol. The summed E-state index contributed by atoms with van der Waals surface area (Å²) in [6.07, 6.45) is 12.8. The number of amides is 1. The molecule has 0 aromatic rings. The zero-order valence-corrected chi connectivity index (χ0v) is 17.9. The molecule has 1 amide bonds. The predicted octanol–water partition coefficient (Wildman–Crippen LogP) is 5.01. The molecule has 0 N–H and O–H groups in total. The molecule has 4 heteroatoms. The van der Waals surface area contributed by atoms with E-state index in [1.54, 1.807) is 6.08 Å². The molecule has 2 aliphatic heterocycles. The lowest BCUT2D eigenvalue weighted by Gasteiger charge is -2.61. The molecule has 5 aliphatic rings. The highest BCUT2D eigenvalue weighted by atomic mass is 19.1. The summed E-state index contributed by atoms with van der Waals surface area (Å²) in [4.78, 5) is 13.1. The summed E-state index contributed by atoms with van der Waals surface area (Å²) in [5.41, 5.74) is 0.297. The van der Waals surface area contributed by atoms with E-state index in [1.807, 2.05) is 7.05 Å². The van der Waals surface area contributed by atoms with Crippen molar-refractivity contribution in [1.82, 2.24) is 0 Å². The zero-order chi connectivity index (χ0) is 19.7. The maximum absolute atomic E-state index is 15.1. The third-order valence-corrected chi connectivity index (χ3v) is 9.91. The van der Waals surface area contributed by atoms with Crippen molar-refractivity contribution in [2.24, 2.45) is 28.6 Å². The van der Waals surface area contributed by atoms with Crippen molar-refractivity contribution in [3.8, 4) is 0 Å². The zero-order valence-electron chi connectivity index (χ0n) is 17.9. The number of fused-ring (bicyclic) bond motifs is 5. The Hall–Kier alpha value is -0.740. The van der Waals surface area contributed by atoms with Gasteiger partial charge < -0.3 is 4.74 Å². The molecular formula is C24H37FNO2+. The fourth-order valence-corrected chi connectivity index (χ4v) is 8.61. The van der Waals surface area contributed by atoms with E-state index in [-0.39, 0.29) is 28.0 Å². The van der Waals surface area contributed by atoms with Gasteiger partial charge in [-0.1, -0.05) is 13.3 Å². The number of carbonyl (C=O) groups excluding carboxylic acids is 1. The summed E-state index contributed by atoms with van der Waals surface area (Å²) < 4.78 is 21.2. The van der Waals surface area contributed by atoms with Gasteiger partial charge in [-0.05, 0) is 81.1 Å². The Morgan fingerprint density at radius 2 is 1.93 bits per heavy atom. The topological polar surface area (TPSA) is 26.3 Å². The van der Waals surface area contributed by atoms with Gasteiger partial charge in [-0.2, -0.15) is 4.39 Å². The van der Waals surface area contributed by atoms with Gasteiger partial charge in [0.15, 0.2) is 0 Å². The van der Waals surface area contributed by atoms with E-state index in [0.717, 1.165) is 31.8 Å². The maximum atomic E-state index is 15.1. The smallest absolute Gasteiger partial charge is 0.372 e. The molecule has 3 aliphatic carbocycles. The highest BCUT2D eigenvalue weighted by Crippen LogP contribution is 2.64. The third-order valence-electron chi connectivity index (χ3n) is 9.91. The monoisotopic (exact) mass is 390 g/mol. The van der Waals surface area contributed by atoms with E-state index < -0.39 is 5.83 Å². The first-order valence-corrected chi connectivity index (χ1v) is 11.7. The minimum Gasteiger partial charge on any atom is -0.372 e. The fourth-order valence-electron chi connectivity index (χ4n) is 8.61. The average Bonchev–Trinajstić information content (AvgIpc) is 3.28. The van der Waals surface area contributed by atoms with Crippen molar-refractivity contribution in [2.75, 3.05) is 20.2 Å². The summed E-state index contributed by atoms with van der Waals surface area (Å²) in [6, 6.07) is 0.190. The molecule has 4 fully saturated rings. The van der Waals surface area contributed by atoms with Crippen LogP contribution in [0.15, 0.2) is 11.9 Å². The molecule has 3 saturated carbocycles. The van der Waals surface area contributed by atoms with Gasteiger partial charge in [0.05, 0.1) is 7.05 Å². The second-order valence-corrected chi connectivity index (χ2v) is 11.3. The van der Waals surface area contributed by atoms with Gasteiger partial charge in [-0.15, -0.1) is 0 Å². The van der Waals surface area contributed by atoms with Crippen LogP contribution in [0.3, 0.4) is 0 Å². The molecule has 0 spiro atoms. The molecule has 5 rings (SSSR count). The summed E-state index contributed by atoms with van der Waals surface area (Å²) >= 11 is 0. The number of quaternary nitrogens is 1. The Labute approximate surface area is 169 Å². The molecule has 1 saturated heterocycles. The minimum atomic E-state index is -0.486. The van der Waals surface area contributed by atoms with Crippen LogP contribution in [-0.4, -0.2) is 42.7 Å². The van der Waals surface area contributed by atoms with Crippen molar-refractivity contribution < 1.29 is 18.4 Å². The van der Waals surface area contributed by atoms with Crippen molar-refractivity contribution in [3.05, 3.63) is 11.9 Å². The minimum absolute atomic E-state index is 0.103. The van der Waals surface area contributed by atoms with E-state index in [0.29, 0.717) is 23.8 Å². The second kappa shape index (κ2) is 6.38. The number of nitrogens with zero attached hydrogens (tertiary/aromatic N) is 1. The number of likely N-dealkylation sites (N-methyl/N-ethyl adjacent to an activating group) is 1. The van der Waals surface area contributed by atoms with Crippen LogP contribution in [0.25, 0.3) is 0 Å². The van der Waals surface area contributed by atoms with Gasteiger partial charge in [0.2, 0.25) is 5.83 Å². The van der Waals surface area contributed by atoms with E-state index in [2.05, 4.69) is 13.8 Å². The number of halogens is 1. The van der Waals surface area contributed by atoms with Crippen LogP contribution in [-0.2, 0) is 9.53 Å². The molecule has 0 bridgehead atoms. The summed E-state index contributed by atoms with van der Waals surface area (Å²) in [6.45, 7) is 6.21. The third kappa shape index (κ3) is 2.56. The SMILES string of the molecule is C[C@@]12CCC[C@H]1[C@@H]1CC[C@@H]3[C@](C)(C=C(F)C(=O)[N+]3(C)C[C@H]3CCCO3)[C@H]1CC2. The van der Waals surface area contributed by atoms with Crippen LogP contribution in [0, 0.1) is 28.6 Å². The van der Waals surface area contributed by atoms with E-state index >= 15 is 4.39 Å². The number of ether oxygens (including phenoxy) is 1. The Morgan fingerprint density at radius 1 is 1.11 bits per heavy atom. The molecule has 28 heavy (non-hydrogen) atoms. The van der Waals surface area contributed by atoms with Crippen molar-refractivity contribution in [3.63, 3.8) is 0 Å². The highest BCUT2D eigenvalue weighted by Gasteiger charge is 2.64. The predicted molar refractivity (Wildman–Crippen MR) is 107 cm³/mol. The Morgan fingerprint density at radius 3 is 2.68 bits per heavy atom. The van der Waals surface area contributed by atoms with Crippen LogP contribution in [0.2, 0.25) is 0 Å². The summed E-state index contributed by atoms with van der Waals surface area (Å²) in [7, 11) is 2.00. The van der Waals surface area contributed by atoms with Crippen molar-refractivity contribution in [1.29, 1.82) is 0 Å². The van der Waals surface area contributed by atoms with Gasteiger partial charge in [0, 0.05) is 18.4 Å². The lowest BCUT2D eigenvalue weighted by molar-refractivity contribution is -0.873. The molecule has 0 aromatic heterocycles. The van der Waals surface area contributed by atoms with Gasteiger partial charge in [-0.3, -0.25) is 4.48 Å². The lowest BCUT2D eigenvalue weighted by atomic mass is 9.48.